The first-order chi connectivity index (χ1) is 7.72. The molecule has 0 unspecified atom stereocenters. The topological polar surface area (TPSA) is 72.3 Å². The number of aromatic carboxylic acids is 1. The molecule has 1 aromatic rings. The highest BCUT2D eigenvalue weighted by molar-refractivity contribution is 5.88. The van der Waals surface area contributed by atoms with E-state index in [0.717, 1.165) is 12.8 Å². The molecule has 0 bridgehead atoms. The standard InChI is InChI=1S/C11H14N2O3/c1-2-16-6-9-12-5-8(11(14)15)10(13-9)7-3-4-7/h5,7H,2-4,6H2,1H3,(H,14,15). The lowest BCUT2D eigenvalue weighted by atomic mass is 10.1. The molecule has 1 saturated carbocycles. The predicted molar refractivity (Wildman–Crippen MR) is 56.3 cm³/mol. The predicted octanol–water partition coefficient (Wildman–Crippen LogP) is 1.59. The van der Waals surface area contributed by atoms with Crippen LogP contribution in [0.25, 0.3) is 0 Å². The molecule has 1 N–H and O–H groups in total. The summed E-state index contributed by atoms with van der Waals surface area (Å²) >= 11 is 0. The lowest BCUT2D eigenvalue weighted by Gasteiger charge is -2.06. The van der Waals surface area contributed by atoms with Crippen LogP contribution in [0.3, 0.4) is 0 Å². The van der Waals surface area contributed by atoms with E-state index in [2.05, 4.69) is 9.97 Å². The summed E-state index contributed by atoms with van der Waals surface area (Å²) in [6.07, 6.45) is 3.42. The van der Waals surface area contributed by atoms with Crippen molar-refractivity contribution >= 4 is 5.97 Å². The first-order valence-electron chi connectivity index (χ1n) is 5.39. The molecule has 5 nitrogen and oxygen atoms in total. The van der Waals surface area contributed by atoms with Crippen LogP contribution in [0.5, 0.6) is 0 Å². The van der Waals surface area contributed by atoms with Crippen molar-refractivity contribution in [3.63, 3.8) is 0 Å². The fourth-order valence-electron chi connectivity index (χ4n) is 1.53. The quantitative estimate of drug-likeness (QED) is 0.819. The molecule has 0 spiro atoms. The second-order valence-electron chi connectivity index (χ2n) is 3.80. The fraction of sp³-hybridized carbons (Fsp3) is 0.545. The summed E-state index contributed by atoms with van der Waals surface area (Å²) in [7, 11) is 0. The average molecular weight is 222 g/mol. The SMILES string of the molecule is CCOCc1ncc(C(=O)O)c(C2CC2)n1. The maximum atomic E-state index is 11.0. The zero-order valence-corrected chi connectivity index (χ0v) is 9.14. The van der Waals surface area contributed by atoms with Gasteiger partial charge in [0.2, 0.25) is 0 Å². The van der Waals surface area contributed by atoms with Crippen LogP contribution in [-0.2, 0) is 11.3 Å². The number of ether oxygens (including phenoxy) is 1. The number of nitrogens with zero attached hydrogens (tertiary/aromatic N) is 2. The molecule has 0 aliphatic heterocycles. The molecule has 0 radical (unpaired) electrons. The normalized spacial score (nSPS) is 15.1. The molecule has 0 amide bonds. The molecule has 0 saturated heterocycles. The first-order valence-corrected chi connectivity index (χ1v) is 5.39. The van der Waals surface area contributed by atoms with Gasteiger partial charge >= 0.3 is 5.97 Å². The van der Waals surface area contributed by atoms with Crippen molar-refractivity contribution in [3.05, 3.63) is 23.3 Å². The number of hydrogen-bond donors (Lipinski definition) is 1. The van der Waals surface area contributed by atoms with E-state index >= 15 is 0 Å². The Kier molecular flexibility index (Phi) is 3.14. The molecule has 1 heterocycles. The highest BCUT2D eigenvalue weighted by Crippen LogP contribution is 2.40. The number of carboxylic acid groups (broad SMARTS) is 1. The minimum Gasteiger partial charge on any atom is -0.478 e. The van der Waals surface area contributed by atoms with Crippen molar-refractivity contribution in [2.24, 2.45) is 0 Å². The van der Waals surface area contributed by atoms with Crippen LogP contribution in [0, 0.1) is 0 Å². The molecular weight excluding hydrogens is 208 g/mol. The van der Waals surface area contributed by atoms with Crippen molar-refractivity contribution in [1.29, 1.82) is 0 Å². The van der Waals surface area contributed by atoms with Crippen molar-refractivity contribution in [2.75, 3.05) is 6.61 Å². The number of rotatable bonds is 5. The number of aromatic nitrogens is 2. The van der Waals surface area contributed by atoms with E-state index in [4.69, 9.17) is 9.84 Å². The van der Waals surface area contributed by atoms with Gasteiger partial charge in [-0.05, 0) is 19.8 Å². The van der Waals surface area contributed by atoms with Crippen molar-refractivity contribution in [1.82, 2.24) is 9.97 Å². The minimum atomic E-state index is -0.954. The van der Waals surface area contributed by atoms with E-state index in [-0.39, 0.29) is 5.56 Å². The third kappa shape index (κ3) is 2.36. The van der Waals surface area contributed by atoms with E-state index in [1.165, 1.54) is 6.20 Å². The molecule has 0 atom stereocenters. The Morgan fingerprint density at radius 2 is 2.38 bits per heavy atom. The number of hydrogen-bond acceptors (Lipinski definition) is 4. The number of carboxylic acids is 1. The summed E-state index contributed by atoms with van der Waals surface area (Å²) in [4.78, 5) is 19.2. The second-order valence-corrected chi connectivity index (χ2v) is 3.80. The summed E-state index contributed by atoms with van der Waals surface area (Å²) in [6, 6.07) is 0. The van der Waals surface area contributed by atoms with E-state index in [1.54, 1.807) is 0 Å². The Hall–Kier alpha value is -1.49. The maximum Gasteiger partial charge on any atom is 0.339 e. The molecule has 16 heavy (non-hydrogen) atoms. The van der Waals surface area contributed by atoms with Crippen LogP contribution in [-0.4, -0.2) is 27.7 Å². The Morgan fingerprint density at radius 1 is 1.62 bits per heavy atom. The highest BCUT2D eigenvalue weighted by atomic mass is 16.5. The smallest absolute Gasteiger partial charge is 0.339 e. The summed E-state index contributed by atoms with van der Waals surface area (Å²) in [5, 5.41) is 9.00. The van der Waals surface area contributed by atoms with Gasteiger partial charge in [0.05, 0.1) is 11.3 Å². The van der Waals surface area contributed by atoms with E-state index in [1.807, 2.05) is 6.92 Å². The Balaban J connectivity index is 2.25. The van der Waals surface area contributed by atoms with Crippen LogP contribution in [0.1, 0.15) is 47.6 Å². The first kappa shape index (κ1) is 11.0. The molecule has 1 aliphatic carbocycles. The summed E-state index contributed by atoms with van der Waals surface area (Å²) < 4.78 is 5.20. The molecule has 86 valence electrons. The molecule has 5 heteroatoms. The lowest BCUT2D eigenvalue weighted by Crippen LogP contribution is -2.09. The molecule has 2 rings (SSSR count). The van der Waals surface area contributed by atoms with Gasteiger partial charge < -0.3 is 9.84 Å². The van der Waals surface area contributed by atoms with Gasteiger partial charge in [-0.1, -0.05) is 0 Å². The van der Waals surface area contributed by atoms with Gasteiger partial charge in [0.25, 0.3) is 0 Å². The van der Waals surface area contributed by atoms with Crippen LogP contribution in [0.4, 0.5) is 0 Å². The zero-order chi connectivity index (χ0) is 11.5. The summed E-state index contributed by atoms with van der Waals surface area (Å²) in [6.45, 7) is 2.84. The van der Waals surface area contributed by atoms with Crippen molar-refractivity contribution in [2.45, 2.75) is 32.3 Å². The van der Waals surface area contributed by atoms with E-state index in [9.17, 15) is 4.79 Å². The number of carbonyl (C=O) groups is 1. The third-order valence-corrected chi connectivity index (χ3v) is 2.50. The van der Waals surface area contributed by atoms with Crippen LogP contribution >= 0.6 is 0 Å². The Bertz CT molecular complexity index is 402. The minimum absolute atomic E-state index is 0.225. The van der Waals surface area contributed by atoms with Gasteiger partial charge in [-0.3, -0.25) is 0 Å². The molecule has 1 fully saturated rings. The van der Waals surface area contributed by atoms with Gasteiger partial charge in [-0.15, -0.1) is 0 Å². The van der Waals surface area contributed by atoms with Crippen LogP contribution in [0.2, 0.25) is 0 Å². The van der Waals surface area contributed by atoms with Gasteiger partial charge in [0.15, 0.2) is 5.82 Å². The lowest BCUT2D eigenvalue weighted by molar-refractivity contribution is 0.0693. The fourth-order valence-corrected chi connectivity index (χ4v) is 1.53. The van der Waals surface area contributed by atoms with Gasteiger partial charge in [-0.2, -0.15) is 0 Å². The van der Waals surface area contributed by atoms with E-state index < -0.39 is 5.97 Å². The average Bonchev–Trinajstić information content (AvgIpc) is 3.09. The zero-order valence-electron chi connectivity index (χ0n) is 9.14. The van der Waals surface area contributed by atoms with Crippen LogP contribution < -0.4 is 0 Å². The van der Waals surface area contributed by atoms with Gasteiger partial charge in [-0.25, -0.2) is 14.8 Å². The summed E-state index contributed by atoms with van der Waals surface area (Å²) in [5.41, 5.74) is 0.889. The molecule has 1 aromatic heterocycles. The molecule has 1 aliphatic rings. The largest absolute Gasteiger partial charge is 0.478 e. The monoisotopic (exact) mass is 222 g/mol. The summed E-state index contributed by atoms with van der Waals surface area (Å²) in [5.74, 6) is -0.0897. The van der Waals surface area contributed by atoms with Crippen molar-refractivity contribution < 1.29 is 14.6 Å². The Morgan fingerprint density at radius 3 is 2.94 bits per heavy atom. The highest BCUT2D eigenvalue weighted by Gasteiger charge is 2.30. The molecular formula is C11H14N2O3. The van der Waals surface area contributed by atoms with Gasteiger partial charge in [0.1, 0.15) is 6.61 Å². The van der Waals surface area contributed by atoms with Crippen LogP contribution in [0.15, 0.2) is 6.20 Å². The van der Waals surface area contributed by atoms with E-state index in [0.29, 0.717) is 30.7 Å². The third-order valence-electron chi connectivity index (χ3n) is 2.50. The second kappa shape index (κ2) is 4.57. The Labute approximate surface area is 93.5 Å². The maximum absolute atomic E-state index is 11.0. The molecule has 0 aromatic carbocycles. The van der Waals surface area contributed by atoms with Crippen molar-refractivity contribution in [3.8, 4) is 0 Å². The van der Waals surface area contributed by atoms with Gasteiger partial charge in [0, 0.05) is 18.7 Å².